The Morgan fingerprint density at radius 3 is 2.44 bits per heavy atom. The highest BCUT2D eigenvalue weighted by Crippen LogP contribution is 2.19. The van der Waals surface area contributed by atoms with Crippen LogP contribution >= 0.6 is 11.8 Å². The zero-order chi connectivity index (χ0) is 25.3. The first kappa shape index (κ1) is 27.2. The van der Waals surface area contributed by atoms with Gasteiger partial charge in [0.05, 0.1) is 6.04 Å². The second kappa shape index (κ2) is 13.0. The fraction of sp³-hybridized carbons (Fsp3) is 0.478. The topological polar surface area (TPSA) is 166 Å². The van der Waals surface area contributed by atoms with Gasteiger partial charge in [-0.1, -0.05) is 32.0 Å². The first-order chi connectivity index (χ1) is 16.1. The second-order valence-corrected chi connectivity index (χ2v) is 9.34. The van der Waals surface area contributed by atoms with Crippen molar-refractivity contribution in [3.63, 3.8) is 0 Å². The molecule has 0 spiro atoms. The van der Waals surface area contributed by atoms with Gasteiger partial charge in [0, 0.05) is 17.1 Å². The summed E-state index contributed by atoms with van der Waals surface area (Å²) in [4.78, 5) is 52.1. The number of H-pyrrole nitrogens is 1. The van der Waals surface area contributed by atoms with E-state index >= 15 is 0 Å². The Kier molecular flexibility index (Phi) is 10.4. The number of nitrogens with one attached hydrogen (secondary N) is 4. The molecule has 0 aliphatic carbocycles. The number of hydrogen-bond donors (Lipinski definition) is 6. The lowest BCUT2D eigenvalue weighted by Crippen LogP contribution is -2.57. The van der Waals surface area contributed by atoms with Crippen LogP contribution in [0.2, 0.25) is 0 Å². The van der Waals surface area contributed by atoms with Gasteiger partial charge in [0.2, 0.25) is 17.7 Å². The molecule has 34 heavy (non-hydrogen) atoms. The molecule has 7 N–H and O–H groups in total. The second-order valence-electron chi connectivity index (χ2n) is 8.35. The van der Waals surface area contributed by atoms with Crippen LogP contribution in [0.25, 0.3) is 10.9 Å². The first-order valence-corrected chi connectivity index (χ1v) is 12.4. The van der Waals surface area contributed by atoms with Crippen LogP contribution in [0.1, 0.15) is 25.8 Å². The van der Waals surface area contributed by atoms with Crippen LogP contribution in [0.4, 0.5) is 0 Å². The third kappa shape index (κ3) is 7.77. The number of carbonyl (C=O) groups is 4. The summed E-state index contributed by atoms with van der Waals surface area (Å²) in [6.45, 7) is 2.92. The molecule has 2 rings (SSSR count). The van der Waals surface area contributed by atoms with E-state index in [2.05, 4.69) is 20.9 Å². The molecule has 0 fully saturated rings. The van der Waals surface area contributed by atoms with Crippen molar-refractivity contribution in [1.82, 2.24) is 20.9 Å². The summed E-state index contributed by atoms with van der Waals surface area (Å²) in [7, 11) is 0. The highest BCUT2D eigenvalue weighted by Gasteiger charge is 2.30. The fourth-order valence-electron chi connectivity index (χ4n) is 3.47. The number of carboxylic acids is 1. The molecule has 1 heterocycles. The predicted molar refractivity (Wildman–Crippen MR) is 132 cm³/mol. The van der Waals surface area contributed by atoms with Crippen LogP contribution in [-0.4, -0.2) is 70.5 Å². The molecule has 0 radical (unpaired) electrons. The number of fused-ring (bicyclic) bond motifs is 1. The molecule has 0 saturated heterocycles. The van der Waals surface area contributed by atoms with E-state index in [0.717, 1.165) is 16.5 Å². The van der Waals surface area contributed by atoms with Crippen LogP contribution in [0.5, 0.6) is 0 Å². The monoisotopic (exact) mass is 491 g/mol. The maximum absolute atomic E-state index is 13.0. The molecule has 0 aliphatic heterocycles. The Morgan fingerprint density at radius 1 is 1.09 bits per heavy atom. The number of amides is 3. The molecule has 10 nitrogen and oxygen atoms in total. The number of nitrogens with two attached hydrogens (primary N) is 1. The van der Waals surface area contributed by atoms with Crippen LogP contribution < -0.4 is 21.7 Å². The number of aliphatic carboxylic acids is 1. The molecule has 3 amide bonds. The number of aromatic nitrogens is 1. The molecule has 1 aromatic carbocycles. The molecule has 186 valence electrons. The molecule has 2 aromatic rings. The summed E-state index contributed by atoms with van der Waals surface area (Å²) >= 11 is 1.52. The van der Waals surface area contributed by atoms with E-state index in [0.29, 0.717) is 18.6 Å². The largest absolute Gasteiger partial charge is 0.480 e. The van der Waals surface area contributed by atoms with E-state index in [1.807, 2.05) is 36.7 Å². The van der Waals surface area contributed by atoms with Gasteiger partial charge in [0.15, 0.2) is 0 Å². The standard InChI is InChI=1S/C23H33N5O5S/c1-13(2)20(23(33)26-12-19(29)30)28-22(32)18(8-9-34-3)27-21(31)16(24)10-14-11-25-17-7-5-4-6-15(14)17/h4-7,11,13,16,18,20,25H,8-10,12,24H2,1-3H3,(H,26,33)(H,27,31)(H,28,32)(H,29,30). The van der Waals surface area contributed by atoms with E-state index in [1.165, 1.54) is 11.8 Å². The number of thioether (sulfide) groups is 1. The van der Waals surface area contributed by atoms with Crippen molar-refractivity contribution in [2.45, 2.75) is 44.8 Å². The minimum atomic E-state index is -1.18. The Hall–Kier alpha value is -3.05. The predicted octanol–water partition coefficient (Wildman–Crippen LogP) is 0.617. The fourth-order valence-corrected chi connectivity index (χ4v) is 3.95. The van der Waals surface area contributed by atoms with Gasteiger partial charge in [-0.2, -0.15) is 11.8 Å². The van der Waals surface area contributed by atoms with Crippen LogP contribution in [0.3, 0.4) is 0 Å². The number of carbonyl (C=O) groups excluding carboxylic acids is 3. The highest BCUT2D eigenvalue weighted by molar-refractivity contribution is 7.98. The molecular formula is C23H33N5O5S. The van der Waals surface area contributed by atoms with E-state index < -0.39 is 48.4 Å². The van der Waals surface area contributed by atoms with Crippen LogP contribution in [0, 0.1) is 5.92 Å². The number of benzene rings is 1. The number of hydrogen-bond acceptors (Lipinski definition) is 6. The van der Waals surface area contributed by atoms with Gasteiger partial charge in [0.1, 0.15) is 18.6 Å². The van der Waals surface area contributed by atoms with E-state index in [1.54, 1.807) is 13.8 Å². The van der Waals surface area contributed by atoms with Crippen LogP contribution in [0.15, 0.2) is 30.5 Å². The zero-order valence-electron chi connectivity index (χ0n) is 19.6. The van der Waals surface area contributed by atoms with Gasteiger partial charge >= 0.3 is 5.97 Å². The normalized spacial score (nSPS) is 13.8. The molecule has 0 bridgehead atoms. The molecular weight excluding hydrogens is 458 g/mol. The number of carboxylic acid groups (broad SMARTS) is 1. The lowest BCUT2D eigenvalue weighted by atomic mass is 10.0. The third-order valence-corrected chi connectivity index (χ3v) is 6.00. The summed E-state index contributed by atoms with van der Waals surface area (Å²) in [5, 5.41) is 17.4. The van der Waals surface area contributed by atoms with Crippen molar-refractivity contribution >= 4 is 46.4 Å². The van der Waals surface area contributed by atoms with Gasteiger partial charge in [-0.15, -0.1) is 0 Å². The van der Waals surface area contributed by atoms with Gasteiger partial charge in [-0.3, -0.25) is 19.2 Å². The maximum atomic E-state index is 13.0. The van der Waals surface area contributed by atoms with Gasteiger partial charge in [-0.25, -0.2) is 0 Å². The van der Waals surface area contributed by atoms with Crippen molar-refractivity contribution in [2.24, 2.45) is 11.7 Å². The molecule has 0 aliphatic rings. The summed E-state index contributed by atoms with van der Waals surface area (Å²) < 4.78 is 0. The van der Waals surface area contributed by atoms with E-state index in [4.69, 9.17) is 10.8 Å². The SMILES string of the molecule is CSCCC(NC(=O)C(N)Cc1c[nH]c2ccccc12)C(=O)NC(C(=O)NCC(=O)O)C(C)C. The summed E-state index contributed by atoms with van der Waals surface area (Å²) in [6.07, 6.45) is 4.34. The number of para-hydroxylation sites is 1. The highest BCUT2D eigenvalue weighted by atomic mass is 32.2. The zero-order valence-corrected chi connectivity index (χ0v) is 20.4. The smallest absolute Gasteiger partial charge is 0.322 e. The first-order valence-electron chi connectivity index (χ1n) is 11.0. The van der Waals surface area contributed by atoms with Crippen LogP contribution in [-0.2, 0) is 25.6 Å². The lowest BCUT2D eigenvalue weighted by Gasteiger charge is -2.25. The Morgan fingerprint density at radius 2 is 1.79 bits per heavy atom. The van der Waals surface area contributed by atoms with Crippen molar-refractivity contribution in [2.75, 3.05) is 18.6 Å². The van der Waals surface area contributed by atoms with Crippen molar-refractivity contribution in [3.05, 3.63) is 36.0 Å². The molecule has 1 aromatic heterocycles. The summed E-state index contributed by atoms with van der Waals surface area (Å²) in [5.74, 6) is -2.46. The van der Waals surface area contributed by atoms with Gasteiger partial charge in [0.25, 0.3) is 0 Å². The number of rotatable bonds is 13. The Bertz CT molecular complexity index is 1010. The van der Waals surface area contributed by atoms with Crippen molar-refractivity contribution in [1.29, 1.82) is 0 Å². The quantitative estimate of drug-likeness (QED) is 0.239. The molecule has 3 unspecified atom stereocenters. The average Bonchev–Trinajstić information content (AvgIpc) is 3.20. The van der Waals surface area contributed by atoms with E-state index in [9.17, 15) is 19.2 Å². The Labute approximate surface area is 202 Å². The van der Waals surface area contributed by atoms with Crippen molar-refractivity contribution in [3.8, 4) is 0 Å². The minimum Gasteiger partial charge on any atom is -0.480 e. The lowest BCUT2D eigenvalue weighted by molar-refractivity contribution is -0.139. The molecule has 0 saturated carbocycles. The number of aromatic amines is 1. The molecule has 11 heteroatoms. The minimum absolute atomic E-state index is 0.291. The molecule has 3 atom stereocenters. The van der Waals surface area contributed by atoms with Crippen molar-refractivity contribution < 1.29 is 24.3 Å². The summed E-state index contributed by atoms with van der Waals surface area (Å²) in [5.41, 5.74) is 8.01. The third-order valence-electron chi connectivity index (χ3n) is 5.36. The van der Waals surface area contributed by atoms with Gasteiger partial charge in [-0.05, 0) is 42.4 Å². The Balaban J connectivity index is 2.06. The van der Waals surface area contributed by atoms with Gasteiger partial charge < -0.3 is 31.8 Å². The maximum Gasteiger partial charge on any atom is 0.322 e. The summed E-state index contributed by atoms with van der Waals surface area (Å²) in [6, 6.07) is 5.00. The van der Waals surface area contributed by atoms with E-state index in [-0.39, 0.29) is 5.92 Å². The average molecular weight is 492 g/mol.